The zero-order valence-corrected chi connectivity index (χ0v) is 19.3. The van der Waals surface area contributed by atoms with Crippen LogP contribution in [0.3, 0.4) is 0 Å². The van der Waals surface area contributed by atoms with Crippen molar-refractivity contribution in [1.82, 2.24) is 10.6 Å². The van der Waals surface area contributed by atoms with Crippen LogP contribution in [-0.4, -0.2) is 109 Å². The lowest BCUT2D eigenvalue weighted by atomic mass is 9.85. The van der Waals surface area contributed by atoms with Crippen LogP contribution in [0.4, 0.5) is 0 Å². The summed E-state index contributed by atoms with van der Waals surface area (Å²) in [6.45, 7) is 4.01. The van der Waals surface area contributed by atoms with Crippen molar-refractivity contribution in [3.63, 3.8) is 0 Å². The number of hydrogen-bond acceptors (Lipinski definition) is 12. The van der Waals surface area contributed by atoms with E-state index >= 15 is 0 Å². The molecule has 1 saturated carbocycles. The van der Waals surface area contributed by atoms with Gasteiger partial charge in [-0.15, -0.1) is 0 Å². The predicted octanol–water partition coefficient (Wildman–Crippen LogP) is -2.96. The summed E-state index contributed by atoms with van der Waals surface area (Å²) in [5.74, 6) is 0.177. The van der Waals surface area contributed by atoms with Crippen LogP contribution in [0.2, 0.25) is 0 Å². The molecule has 0 radical (unpaired) electrons. The third-order valence-corrected chi connectivity index (χ3v) is 6.40. The maximum absolute atomic E-state index is 12.9. The third kappa shape index (κ3) is 5.73. The monoisotopic (exact) mass is 474 g/mol. The molecule has 1 aliphatic carbocycles. The molecule has 0 spiro atoms. The van der Waals surface area contributed by atoms with Gasteiger partial charge in [0.15, 0.2) is 12.1 Å². The number of aliphatic hydroxyl groups excluding tert-OH is 2. The van der Waals surface area contributed by atoms with Crippen molar-refractivity contribution in [3.8, 4) is 0 Å². The van der Waals surface area contributed by atoms with Gasteiger partial charge in [0.05, 0.1) is 25.2 Å². The number of hydrogen-bond donors (Lipinski definition) is 7. The average Bonchev–Trinajstić information content (AvgIpc) is 2.76. The first-order valence-corrected chi connectivity index (χ1v) is 11.4. The maximum atomic E-state index is 12.9. The van der Waals surface area contributed by atoms with Crippen molar-refractivity contribution < 1.29 is 39.1 Å². The number of carbonyl (C=O) groups excluding carboxylic acids is 1. The number of aliphatic hydroxyl groups is 3. The molecule has 1 saturated heterocycles. The maximum Gasteiger partial charge on any atom is 0.215 e. The Hall–Kier alpha value is -1.19. The summed E-state index contributed by atoms with van der Waals surface area (Å²) in [4.78, 5) is 12.9. The number of nitrogens with one attached hydrogen (secondary N) is 2. The van der Waals surface area contributed by atoms with Gasteiger partial charge in [-0.3, -0.25) is 4.79 Å². The highest BCUT2D eigenvalue weighted by atomic mass is 16.7. The highest BCUT2D eigenvalue weighted by molar-refractivity contribution is 5.85. The Labute approximate surface area is 193 Å². The first kappa shape index (κ1) is 26.4. The van der Waals surface area contributed by atoms with Crippen molar-refractivity contribution in [3.05, 3.63) is 11.8 Å². The first-order valence-electron chi connectivity index (χ1n) is 11.4. The molecular weight excluding hydrogens is 436 g/mol. The molecule has 12 heteroatoms. The zero-order chi connectivity index (χ0) is 24.3. The molecule has 0 amide bonds. The molecule has 2 aliphatic heterocycles. The zero-order valence-electron chi connectivity index (χ0n) is 19.3. The average molecular weight is 475 g/mol. The molecule has 0 unspecified atom stereocenters. The van der Waals surface area contributed by atoms with E-state index in [2.05, 4.69) is 10.6 Å². The molecule has 0 aromatic rings. The molecule has 0 aromatic carbocycles. The molecule has 0 aromatic heterocycles. The normalized spacial score (nSPS) is 44.3. The van der Waals surface area contributed by atoms with Gasteiger partial charge < -0.3 is 56.4 Å². The number of ketones is 1. The molecule has 10 atom stereocenters. The Morgan fingerprint density at radius 3 is 2.64 bits per heavy atom. The molecule has 33 heavy (non-hydrogen) atoms. The second kappa shape index (κ2) is 11.0. The highest BCUT2D eigenvalue weighted by Crippen LogP contribution is 2.31. The van der Waals surface area contributed by atoms with Crippen LogP contribution in [0, 0.1) is 0 Å². The van der Waals surface area contributed by atoms with Crippen molar-refractivity contribution >= 4 is 5.78 Å². The Bertz CT molecular complexity index is 708. The second-order valence-electron chi connectivity index (χ2n) is 9.04. The topological polar surface area (TPSA) is 191 Å². The minimum absolute atomic E-state index is 0.0256. The molecular formula is C21H38N4O8. The standard InChI is InChI=1S/C21H38N4O8/c1-4-25-12-7-13(26)17(33-19-11(23)6-5-10(8-22)31-19)14(27)16(12)32-20-15(28)18(24-3)21(2,29)9-30-20/h5,11-12,14-20,24-25,27-29H,4,6-9,22-23H2,1-3H3/t11-,12-,14-,15-,16+,17-,18-,19-,20-,21+/m1/s1. The quantitative estimate of drug-likeness (QED) is 0.189. The van der Waals surface area contributed by atoms with Crippen LogP contribution < -0.4 is 22.1 Å². The van der Waals surface area contributed by atoms with Gasteiger partial charge in [0.1, 0.15) is 35.8 Å². The lowest BCUT2D eigenvalue weighted by Crippen LogP contribution is -2.68. The lowest BCUT2D eigenvalue weighted by molar-refractivity contribution is -0.299. The van der Waals surface area contributed by atoms with Gasteiger partial charge in [-0.2, -0.15) is 0 Å². The highest BCUT2D eigenvalue weighted by Gasteiger charge is 2.51. The van der Waals surface area contributed by atoms with Gasteiger partial charge >= 0.3 is 0 Å². The molecule has 2 heterocycles. The fourth-order valence-corrected chi connectivity index (χ4v) is 4.62. The van der Waals surface area contributed by atoms with E-state index in [1.54, 1.807) is 20.0 Å². The number of rotatable bonds is 8. The summed E-state index contributed by atoms with van der Waals surface area (Å²) in [6.07, 6.45) is -4.64. The molecule has 0 bridgehead atoms. The molecule has 3 aliphatic rings. The van der Waals surface area contributed by atoms with Crippen molar-refractivity contribution in [2.45, 2.75) is 87.4 Å². The Kier molecular flexibility index (Phi) is 8.83. The number of likely N-dealkylation sites (N-methyl/N-ethyl adjacent to an activating group) is 2. The summed E-state index contributed by atoms with van der Waals surface area (Å²) in [6, 6.07) is -1.80. The summed E-state index contributed by atoms with van der Waals surface area (Å²) < 4.78 is 23.1. The van der Waals surface area contributed by atoms with Crippen LogP contribution >= 0.6 is 0 Å². The van der Waals surface area contributed by atoms with Crippen LogP contribution in [0.25, 0.3) is 0 Å². The number of carbonyl (C=O) groups is 1. The number of ether oxygens (including phenoxy) is 4. The van der Waals surface area contributed by atoms with Gasteiger partial charge in [0.25, 0.3) is 0 Å². The number of nitrogens with two attached hydrogens (primary N) is 2. The van der Waals surface area contributed by atoms with Crippen LogP contribution in [0.15, 0.2) is 11.8 Å². The van der Waals surface area contributed by atoms with E-state index in [9.17, 15) is 20.1 Å². The van der Waals surface area contributed by atoms with Gasteiger partial charge in [-0.25, -0.2) is 0 Å². The second-order valence-corrected chi connectivity index (χ2v) is 9.04. The fraction of sp³-hybridized carbons (Fsp3) is 0.857. The minimum Gasteiger partial charge on any atom is -0.467 e. The summed E-state index contributed by atoms with van der Waals surface area (Å²) >= 11 is 0. The van der Waals surface area contributed by atoms with Gasteiger partial charge in [-0.1, -0.05) is 6.92 Å². The van der Waals surface area contributed by atoms with Crippen molar-refractivity contribution in [2.75, 3.05) is 26.7 Å². The van der Waals surface area contributed by atoms with E-state index in [1.165, 1.54) is 0 Å². The van der Waals surface area contributed by atoms with Gasteiger partial charge in [0, 0.05) is 12.5 Å². The van der Waals surface area contributed by atoms with Crippen LogP contribution in [0.5, 0.6) is 0 Å². The molecule has 9 N–H and O–H groups in total. The van der Waals surface area contributed by atoms with Gasteiger partial charge in [-0.05, 0) is 33.0 Å². The first-order chi connectivity index (χ1) is 15.6. The SMILES string of the molecule is CCN[C@@H]1CC(=O)[C@@H](O[C@H]2OC(CN)=CC[C@H]2N)[C@H](O)[C@H]1O[C@H]1OC[C@](C)(O)[C@H](NC)[C@H]1O. The Morgan fingerprint density at radius 1 is 1.27 bits per heavy atom. The van der Waals surface area contributed by atoms with E-state index in [0.29, 0.717) is 18.7 Å². The Morgan fingerprint density at radius 2 is 2.00 bits per heavy atom. The lowest BCUT2D eigenvalue weighted by Gasteiger charge is -2.47. The third-order valence-electron chi connectivity index (χ3n) is 6.40. The minimum atomic E-state index is -1.38. The van der Waals surface area contributed by atoms with E-state index in [-0.39, 0.29) is 25.4 Å². The summed E-state index contributed by atoms with van der Waals surface area (Å²) in [5, 5.41) is 38.4. The molecule has 12 nitrogen and oxygen atoms in total. The number of Topliss-reactive ketones (excluding diaryl/α,β-unsaturated/α-hetero) is 1. The van der Waals surface area contributed by atoms with E-state index in [1.807, 2.05) is 6.92 Å². The summed E-state index contributed by atoms with van der Waals surface area (Å²) in [7, 11) is 1.61. The predicted molar refractivity (Wildman–Crippen MR) is 117 cm³/mol. The molecule has 190 valence electrons. The van der Waals surface area contributed by atoms with Crippen molar-refractivity contribution in [1.29, 1.82) is 0 Å². The van der Waals surface area contributed by atoms with Crippen molar-refractivity contribution in [2.24, 2.45) is 11.5 Å². The molecule has 3 rings (SSSR count). The van der Waals surface area contributed by atoms with Crippen LogP contribution in [0.1, 0.15) is 26.7 Å². The van der Waals surface area contributed by atoms with E-state index in [4.69, 9.17) is 30.4 Å². The van der Waals surface area contributed by atoms with E-state index < -0.39 is 60.7 Å². The fourth-order valence-electron chi connectivity index (χ4n) is 4.62. The largest absolute Gasteiger partial charge is 0.467 e. The van der Waals surface area contributed by atoms with E-state index in [0.717, 1.165) is 0 Å². The van der Waals surface area contributed by atoms with Crippen LogP contribution in [-0.2, 0) is 23.7 Å². The Balaban J connectivity index is 1.76. The van der Waals surface area contributed by atoms with Gasteiger partial charge in [0.2, 0.25) is 6.29 Å². The summed E-state index contributed by atoms with van der Waals surface area (Å²) in [5.41, 5.74) is 10.4. The smallest absolute Gasteiger partial charge is 0.215 e. The molecule has 2 fully saturated rings.